The lowest BCUT2D eigenvalue weighted by atomic mass is 10.2. The molecule has 8 nitrogen and oxygen atoms in total. The first-order valence-electron chi connectivity index (χ1n) is 8.16. The van der Waals surface area contributed by atoms with Gasteiger partial charge in [-0.25, -0.2) is 0 Å². The molecule has 0 unspecified atom stereocenters. The Labute approximate surface area is 145 Å². The quantitative estimate of drug-likeness (QED) is 0.713. The van der Waals surface area contributed by atoms with Crippen LogP contribution >= 0.6 is 0 Å². The third-order valence-corrected chi connectivity index (χ3v) is 4.80. The van der Waals surface area contributed by atoms with Gasteiger partial charge in [0.1, 0.15) is 11.8 Å². The minimum absolute atomic E-state index is 0.105. The van der Waals surface area contributed by atoms with E-state index in [-0.39, 0.29) is 12.1 Å². The zero-order valence-corrected chi connectivity index (χ0v) is 14.2. The second kappa shape index (κ2) is 6.27. The van der Waals surface area contributed by atoms with E-state index in [1.807, 2.05) is 34.5 Å². The zero-order valence-electron chi connectivity index (χ0n) is 14.2. The molecule has 1 aliphatic rings. The number of fused-ring (bicyclic) bond motifs is 1. The predicted octanol–water partition coefficient (Wildman–Crippen LogP) is 1.30. The molecule has 0 aliphatic carbocycles. The van der Waals surface area contributed by atoms with Crippen molar-refractivity contribution in [3.8, 4) is 6.07 Å². The number of nitrogens with zero attached hydrogens (tertiary/aromatic N) is 7. The van der Waals surface area contributed by atoms with Gasteiger partial charge in [0.05, 0.1) is 18.3 Å². The van der Waals surface area contributed by atoms with E-state index in [0.29, 0.717) is 5.69 Å². The minimum Gasteiger partial charge on any atom is -0.380 e. The molecule has 128 valence electrons. The van der Waals surface area contributed by atoms with E-state index in [9.17, 15) is 0 Å². The molecule has 0 radical (unpaired) electrons. The molecule has 0 N–H and O–H groups in total. The molecular weight excluding hydrogens is 318 g/mol. The van der Waals surface area contributed by atoms with Gasteiger partial charge in [-0.2, -0.15) is 5.26 Å². The summed E-state index contributed by atoms with van der Waals surface area (Å²) in [4.78, 5) is 6.43. The van der Waals surface area contributed by atoms with E-state index >= 15 is 0 Å². The summed E-state index contributed by atoms with van der Waals surface area (Å²) in [7, 11) is 3.63. The molecular formula is C17H19N7O. The Hall–Kier alpha value is -2.76. The monoisotopic (exact) mass is 337 g/mol. The molecule has 0 saturated carbocycles. The van der Waals surface area contributed by atoms with Crippen LogP contribution < -0.4 is 0 Å². The molecule has 0 bridgehead atoms. The molecule has 8 heteroatoms. The van der Waals surface area contributed by atoms with Crippen LogP contribution in [0.5, 0.6) is 0 Å². The van der Waals surface area contributed by atoms with E-state index in [2.05, 4.69) is 26.2 Å². The third-order valence-electron chi connectivity index (χ3n) is 4.80. The van der Waals surface area contributed by atoms with Crippen LogP contribution in [0.1, 0.15) is 29.5 Å². The van der Waals surface area contributed by atoms with Crippen LogP contribution in [-0.2, 0) is 18.3 Å². The highest BCUT2D eigenvalue weighted by Crippen LogP contribution is 2.33. The lowest BCUT2D eigenvalue weighted by Gasteiger charge is -2.22. The first-order valence-corrected chi connectivity index (χ1v) is 8.16. The van der Waals surface area contributed by atoms with E-state index in [1.54, 1.807) is 19.5 Å². The second-order valence-electron chi connectivity index (χ2n) is 6.36. The maximum absolute atomic E-state index is 9.16. The molecule has 4 rings (SSSR count). The van der Waals surface area contributed by atoms with Crippen LogP contribution in [0, 0.1) is 11.3 Å². The third kappa shape index (κ3) is 2.77. The summed E-state index contributed by atoms with van der Waals surface area (Å²) in [5.41, 5.74) is 2.51. The Balaban J connectivity index is 1.66. The lowest BCUT2D eigenvalue weighted by molar-refractivity contribution is 0.107. The van der Waals surface area contributed by atoms with Crippen molar-refractivity contribution in [1.82, 2.24) is 29.0 Å². The average molecular weight is 337 g/mol. The molecule has 25 heavy (non-hydrogen) atoms. The van der Waals surface area contributed by atoms with Gasteiger partial charge in [-0.1, -0.05) is 0 Å². The molecule has 2 atom stereocenters. The maximum atomic E-state index is 9.16. The van der Waals surface area contributed by atoms with E-state index < -0.39 is 0 Å². The van der Waals surface area contributed by atoms with Gasteiger partial charge >= 0.3 is 0 Å². The molecule has 3 aromatic rings. The Kier molecular flexibility index (Phi) is 3.95. The number of rotatable bonds is 4. The number of likely N-dealkylation sites (tertiary alicyclic amines) is 1. The molecule has 1 aliphatic heterocycles. The Bertz CT molecular complexity index is 938. The first-order chi connectivity index (χ1) is 12.2. The van der Waals surface area contributed by atoms with Gasteiger partial charge in [-0.05, 0) is 18.1 Å². The molecule has 0 aromatic carbocycles. The van der Waals surface area contributed by atoms with Crippen molar-refractivity contribution in [3.05, 3.63) is 47.9 Å². The molecule has 1 saturated heterocycles. The smallest absolute Gasteiger partial charge is 0.179 e. The molecule has 1 fully saturated rings. The highest BCUT2D eigenvalue weighted by molar-refractivity contribution is 5.35. The predicted molar refractivity (Wildman–Crippen MR) is 89.5 cm³/mol. The van der Waals surface area contributed by atoms with Gasteiger partial charge in [-0.15, -0.1) is 10.2 Å². The summed E-state index contributed by atoms with van der Waals surface area (Å²) in [6.45, 7) is 1.55. The Morgan fingerprint density at radius 1 is 1.40 bits per heavy atom. The van der Waals surface area contributed by atoms with Crippen LogP contribution in [0.25, 0.3) is 5.65 Å². The van der Waals surface area contributed by atoms with Crippen molar-refractivity contribution in [2.45, 2.75) is 25.1 Å². The van der Waals surface area contributed by atoms with Crippen LogP contribution in [0.4, 0.5) is 0 Å². The number of methoxy groups -OCH3 is 1. The number of hydrogen-bond donors (Lipinski definition) is 0. The lowest BCUT2D eigenvalue weighted by Crippen LogP contribution is -2.25. The molecule has 0 spiro atoms. The summed E-state index contributed by atoms with van der Waals surface area (Å²) in [5.74, 6) is 0.897. The summed E-state index contributed by atoms with van der Waals surface area (Å²) in [5, 5.41) is 17.8. The number of nitriles is 1. The van der Waals surface area contributed by atoms with Crippen LogP contribution in [0.15, 0.2) is 30.9 Å². The number of aromatic nitrogens is 5. The standard InChI is InChI=1S/C17H19N7O/c1-22-9-12(5-13(22)7-18)10-23-11-14(25-2)6-15(23)17-21-20-16-8-19-3-4-24(16)17/h3-5,8-9,14-15H,6,10-11H2,1-2H3/t14-,15+/m1/s1. The summed E-state index contributed by atoms with van der Waals surface area (Å²) >= 11 is 0. The topological polar surface area (TPSA) is 84.3 Å². The van der Waals surface area contributed by atoms with Crippen LogP contribution in [0.2, 0.25) is 0 Å². The number of ether oxygens (including phenoxy) is 1. The van der Waals surface area contributed by atoms with Gasteiger partial charge in [0.25, 0.3) is 0 Å². The maximum Gasteiger partial charge on any atom is 0.179 e. The highest BCUT2D eigenvalue weighted by atomic mass is 16.5. The normalized spacial score (nSPS) is 21.0. The molecule has 4 heterocycles. The van der Waals surface area contributed by atoms with Gasteiger partial charge in [0.15, 0.2) is 11.5 Å². The van der Waals surface area contributed by atoms with Crippen molar-refractivity contribution in [1.29, 1.82) is 5.26 Å². The highest BCUT2D eigenvalue weighted by Gasteiger charge is 2.36. The van der Waals surface area contributed by atoms with Crippen molar-refractivity contribution >= 4 is 5.65 Å². The van der Waals surface area contributed by atoms with Crippen LogP contribution in [0.3, 0.4) is 0 Å². The van der Waals surface area contributed by atoms with Gasteiger partial charge in [-0.3, -0.25) is 14.3 Å². The Morgan fingerprint density at radius 3 is 3.04 bits per heavy atom. The minimum atomic E-state index is 0.105. The fourth-order valence-electron chi connectivity index (χ4n) is 3.54. The Morgan fingerprint density at radius 2 is 2.28 bits per heavy atom. The van der Waals surface area contributed by atoms with Crippen molar-refractivity contribution in [2.24, 2.45) is 7.05 Å². The summed E-state index contributed by atoms with van der Waals surface area (Å²) < 4.78 is 9.43. The van der Waals surface area contributed by atoms with Gasteiger partial charge in [0, 0.05) is 45.8 Å². The zero-order chi connectivity index (χ0) is 17.4. The van der Waals surface area contributed by atoms with E-state index in [0.717, 1.165) is 36.5 Å². The van der Waals surface area contributed by atoms with Gasteiger partial charge in [0.2, 0.25) is 0 Å². The molecule has 3 aromatic heterocycles. The van der Waals surface area contributed by atoms with E-state index in [1.165, 1.54) is 0 Å². The second-order valence-corrected chi connectivity index (χ2v) is 6.36. The van der Waals surface area contributed by atoms with Crippen molar-refractivity contribution in [3.63, 3.8) is 0 Å². The van der Waals surface area contributed by atoms with Gasteiger partial charge < -0.3 is 9.30 Å². The van der Waals surface area contributed by atoms with E-state index in [4.69, 9.17) is 10.00 Å². The number of hydrogen-bond acceptors (Lipinski definition) is 6. The SMILES string of the molecule is CO[C@@H]1C[C@@H](c2nnc3cnccn23)N(Cc2cc(C#N)n(C)c2)C1. The number of aryl methyl sites for hydroxylation is 1. The summed E-state index contributed by atoms with van der Waals surface area (Å²) in [6.07, 6.45) is 8.35. The fraction of sp³-hybridized carbons (Fsp3) is 0.412. The fourth-order valence-corrected chi connectivity index (χ4v) is 3.54. The largest absolute Gasteiger partial charge is 0.380 e. The van der Waals surface area contributed by atoms with Crippen LogP contribution in [-0.4, -0.2) is 48.8 Å². The molecule has 0 amide bonds. The average Bonchev–Trinajstić information content (AvgIpc) is 3.31. The first kappa shape index (κ1) is 15.7. The van der Waals surface area contributed by atoms with Crippen molar-refractivity contribution in [2.75, 3.05) is 13.7 Å². The summed E-state index contributed by atoms with van der Waals surface area (Å²) in [6, 6.07) is 4.25. The van der Waals surface area contributed by atoms with Crippen molar-refractivity contribution < 1.29 is 4.74 Å².